The number of aromatic nitrogens is 1. The summed E-state index contributed by atoms with van der Waals surface area (Å²) in [5.74, 6) is 0.190. The summed E-state index contributed by atoms with van der Waals surface area (Å²) in [5, 5.41) is 1.19. The Labute approximate surface area is 195 Å². The fraction of sp³-hybridized carbons (Fsp3) is 0.407. The summed E-state index contributed by atoms with van der Waals surface area (Å²) in [6.07, 6.45) is 5.38. The number of nitrogens with zero attached hydrogens (tertiary/aromatic N) is 2. The largest absolute Gasteiger partial charge is 0.385 e. The number of H-pyrrole nitrogens is 1. The number of amides is 2. The second-order valence-electron chi connectivity index (χ2n) is 8.79. The standard InChI is InChI=1S/C27H33N3O3/c1-33-17-7-15-30(27(32)22-12-13-22)20-26(31)29(19-21-8-3-2-4-9-21)16-14-23-18-28-25-11-6-5-10-24(23)25/h2-6,8-11,18,22,28H,7,12-17,19-20H2,1H3. The highest BCUT2D eigenvalue weighted by Crippen LogP contribution is 2.31. The van der Waals surface area contributed by atoms with Crippen LogP contribution in [0.4, 0.5) is 0 Å². The Bertz CT molecular complexity index is 1060. The first-order chi connectivity index (χ1) is 16.2. The van der Waals surface area contributed by atoms with E-state index in [1.165, 1.54) is 10.9 Å². The zero-order valence-corrected chi connectivity index (χ0v) is 19.3. The van der Waals surface area contributed by atoms with Crippen LogP contribution in [0.5, 0.6) is 0 Å². The molecule has 0 bridgehead atoms. The van der Waals surface area contributed by atoms with Crippen molar-refractivity contribution in [1.29, 1.82) is 0 Å². The van der Waals surface area contributed by atoms with E-state index in [-0.39, 0.29) is 24.3 Å². The first-order valence-electron chi connectivity index (χ1n) is 11.8. The Hall–Kier alpha value is -3.12. The number of rotatable bonds is 12. The number of fused-ring (bicyclic) bond motifs is 1. The quantitative estimate of drug-likeness (QED) is 0.427. The molecule has 0 aliphatic heterocycles. The molecule has 2 amide bonds. The van der Waals surface area contributed by atoms with Gasteiger partial charge in [0.15, 0.2) is 0 Å². The van der Waals surface area contributed by atoms with E-state index in [9.17, 15) is 9.59 Å². The maximum absolute atomic E-state index is 13.5. The third-order valence-electron chi connectivity index (χ3n) is 6.24. The Morgan fingerprint density at radius 2 is 1.76 bits per heavy atom. The maximum Gasteiger partial charge on any atom is 0.242 e. The molecule has 1 fully saturated rings. The van der Waals surface area contributed by atoms with Gasteiger partial charge in [-0.25, -0.2) is 0 Å². The van der Waals surface area contributed by atoms with Crippen LogP contribution < -0.4 is 0 Å². The molecule has 0 atom stereocenters. The molecule has 1 N–H and O–H groups in total. The van der Waals surface area contributed by atoms with Crippen LogP contribution in [-0.2, 0) is 27.3 Å². The van der Waals surface area contributed by atoms with Gasteiger partial charge in [0.25, 0.3) is 0 Å². The predicted octanol–water partition coefficient (Wildman–Crippen LogP) is 4.01. The zero-order valence-electron chi connectivity index (χ0n) is 19.3. The highest BCUT2D eigenvalue weighted by molar-refractivity contribution is 5.87. The number of para-hydroxylation sites is 1. The molecule has 4 rings (SSSR count). The molecule has 3 aromatic rings. The average molecular weight is 448 g/mol. The number of carbonyl (C=O) groups excluding carboxylic acids is 2. The number of nitrogens with one attached hydrogen (secondary N) is 1. The van der Waals surface area contributed by atoms with Gasteiger partial charge in [-0.3, -0.25) is 9.59 Å². The van der Waals surface area contributed by atoms with Crippen molar-refractivity contribution in [3.63, 3.8) is 0 Å². The van der Waals surface area contributed by atoms with E-state index >= 15 is 0 Å². The molecule has 0 spiro atoms. The Morgan fingerprint density at radius 1 is 1.00 bits per heavy atom. The van der Waals surface area contributed by atoms with Gasteiger partial charge in [-0.2, -0.15) is 0 Å². The maximum atomic E-state index is 13.5. The molecule has 1 heterocycles. The first-order valence-corrected chi connectivity index (χ1v) is 11.8. The Balaban J connectivity index is 1.47. The van der Waals surface area contributed by atoms with Crippen molar-refractivity contribution in [3.8, 4) is 0 Å². The lowest BCUT2D eigenvalue weighted by Gasteiger charge is -2.28. The van der Waals surface area contributed by atoms with Gasteiger partial charge >= 0.3 is 0 Å². The van der Waals surface area contributed by atoms with Crippen LogP contribution in [0.25, 0.3) is 10.9 Å². The van der Waals surface area contributed by atoms with Gasteiger partial charge in [0, 0.05) is 56.4 Å². The average Bonchev–Trinajstić information content (AvgIpc) is 3.61. The van der Waals surface area contributed by atoms with Crippen LogP contribution >= 0.6 is 0 Å². The summed E-state index contributed by atoms with van der Waals surface area (Å²) < 4.78 is 5.16. The van der Waals surface area contributed by atoms with Crippen molar-refractivity contribution >= 4 is 22.7 Å². The number of aromatic amines is 1. The molecular formula is C27H33N3O3. The lowest BCUT2D eigenvalue weighted by Crippen LogP contribution is -2.44. The first kappa shape index (κ1) is 23.1. The minimum Gasteiger partial charge on any atom is -0.385 e. The van der Waals surface area contributed by atoms with Crippen molar-refractivity contribution < 1.29 is 14.3 Å². The molecule has 1 saturated carbocycles. The van der Waals surface area contributed by atoms with Gasteiger partial charge < -0.3 is 19.5 Å². The van der Waals surface area contributed by atoms with E-state index in [1.807, 2.05) is 53.6 Å². The molecule has 0 saturated heterocycles. The molecule has 6 heteroatoms. The van der Waals surface area contributed by atoms with Gasteiger partial charge in [0.2, 0.25) is 11.8 Å². The molecule has 1 aliphatic rings. The number of benzene rings is 2. The van der Waals surface area contributed by atoms with Crippen molar-refractivity contribution in [3.05, 3.63) is 71.9 Å². The SMILES string of the molecule is COCCCN(CC(=O)N(CCc1c[nH]c2ccccc12)Cc1ccccc1)C(=O)C1CC1. The third kappa shape index (κ3) is 6.23. The van der Waals surface area contributed by atoms with Crippen LogP contribution in [0.1, 0.15) is 30.4 Å². The fourth-order valence-corrected chi connectivity index (χ4v) is 4.21. The van der Waals surface area contributed by atoms with Crippen LogP contribution in [0, 0.1) is 5.92 Å². The van der Waals surface area contributed by atoms with Crippen LogP contribution in [0.3, 0.4) is 0 Å². The van der Waals surface area contributed by atoms with Crippen molar-refractivity contribution in [2.75, 3.05) is 33.4 Å². The van der Waals surface area contributed by atoms with E-state index in [2.05, 4.69) is 17.1 Å². The molecule has 6 nitrogen and oxygen atoms in total. The van der Waals surface area contributed by atoms with Crippen molar-refractivity contribution in [2.45, 2.75) is 32.2 Å². The molecule has 2 aromatic carbocycles. The minimum absolute atomic E-state index is 0.00916. The van der Waals surface area contributed by atoms with E-state index in [0.717, 1.165) is 36.8 Å². The number of methoxy groups -OCH3 is 1. The molecule has 0 unspecified atom stereocenters. The van der Waals surface area contributed by atoms with Crippen LogP contribution in [0.15, 0.2) is 60.8 Å². The van der Waals surface area contributed by atoms with E-state index in [1.54, 1.807) is 12.0 Å². The summed E-state index contributed by atoms with van der Waals surface area (Å²) in [7, 11) is 1.66. The third-order valence-corrected chi connectivity index (χ3v) is 6.24. The Morgan fingerprint density at radius 3 is 2.52 bits per heavy atom. The molecular weight excluding hydrogens is 414 g/mol. The van der Waals surface area contributed by atoms with Crippen molar-refractivity contribution in [1.82, 2.24) is 14.8 Å². The molecule has 33 heavy (non-hydrogen) atoms. The van der Waals surface area contributed by atoms with Gasteiger partial charge in [-0.05, 0) is 42.9 Å². The lowest BCUT2D eigenvalue weighted by atomic mass is 10.1. The van der Waals surface area contributed by atoms with Gasteiger partial charge in [-0.1, -0.05) is 48.5 Å². The lowest BCUT2D eigenvalue weighted by molar-refractivity contribution is -0.141. The number of hydrogen-bond donors (Lipinski definition) is 1. The number of hydrogen-bond acceptors (Lipinski definition) is 3. The van der Waals surface area contributed by atoms with Crippen LogP contribution in [-0.4, -0.2) is 59.9 Å². The highest BCUT2D eigenvalue weighted by atomic mass is 16.5. The van der Waals surface area contributed by atoms with E-state index in [0.29, 0.717) is 26.2 Å². The minimum atomic E-state index is -0.00916. The summed E-state index contributed by atoms with van der Waals surface area (Å²) in [5.41, 5.74) is 3.39. The predicted molar refractivity (Wildman–Crippen MR) is 130 cm³/mol. The second kappa shape index (κ2) is 11.1. The monoisotopic (exact) mass is 447 g/mol. The summed E-state index contributed by atoms with van der Waals surface area (Å²) in [4.78, 5) is 33.2. The summed E-state index contributed by atoms with van der Waals surface area (Å²) in [6.45, 7) is 2.39. The fourth-order valence-electron chi connectivity index (χ4n) is 4.21. The molecule has 1 aliphatic carbocycles. The zero-order chi connectivity index (χ0) is 23.0. The van der Waals surface area contributed by atoms with Crippen LogP contribution in [0.2, 0.25) is 0 Å². The van der Waals surface area contributed by atoms with E-state index in [4.69, 9.17) is 4.74 Å². The number of carbonyl (C=O) groups is 2. The Kier molecular flexibility index (Phi) is 7.79. The second-order valence-corrected chi connectivity index (χ2v) is 8.79. The topological polar surface area (TPSA) is 65.6 Å². The van der Waals surface area contributed by atoms with Crippen molar-refractivity contribution in [2.24, 2.45) is 5.92 Å². The van der Waals surface area contributed by atoms with Gasteiger partial charge in [0.05, 0.1) is 6.54 Å². The molecule has 0 radical (unpaired) electrons. The molecule has 174 valence electrons. The highest BCUT2D eigenvalue weighted by Gasteiger charge is 2.34. The smallest absolute Gasteiger partial charge is 0.242 e. The number of ether oxygens (including phenoxy) is 1. The normalized spacial score (nSPS) is 13.2. The molecule has 1 aromatic heterocycles. The van der Waals surface area contributed by atoms with Gasteiger partial charge in [0.1, 0.15) is 0 Å². The van der Waals surface area contributed by atoms with Gasteiger partial charge in [-0.15, -0.1) is 0 Å². The summed E-state index contributed by atoms with van der Waals surface area (Å²) in [6, 6.07) is 18.3. The summed E-state index contributed by atoms with van der Waals surface area (Å²) >= 11 is 0. The van der Waals surface area contributed by atoms with E-state index < -0.39 is 0 Å².